The van der Waals surface area contributed by atoms with Gasteiger partial charge in [-0.15, -0.1) is 0 Å². The molecule has 0 unspecified atom stereocenters. The highest BCUT2D eigenvalue weighted by Crippen LogP contribution is 2.33. The lowest BCUT2D eigenvalue weighted by molar-refractivity contribution is 0.905. The monoisotopic (exact) mass is 210 g/mol. The summed E-state index contributed by atoms with van der Waals surface area (Å²) in [5.74, 6) is 0.121. The molecule has 0 bridgehead atoms. The van der Waals surface area contributed by atoms with Crippen LogP contribution in [0.1, 0.15) is 23.4 Å². The van der Waals surface area contributed by atoms with Gasteiger partial charge in [-0.2, -0.15) is 0 Å². The number of aromatic nitrogens is 1. The van der Waals surface area contributed by atoms with Gasteiger partial charge in [0.05, 0.1) is 10.6 Å². The Balaban J connectivity index is 2.26. The molecule has 0 spiro atoms. The summed E-state index contributed by atoms with van der Waals surface area (Å²) in [6, 6.07) is 0.653. The number of thiazole rings is 1. The van der Waals surface area contributed by atoms with Gasteiger partial charge in [-0.1, -0.05) is 11.3 Å². The van der Waals surface area contributed by atoms with Gasteiger partial charge in [0.2, 0.25) is 0 Å². The van der Waals surface area contributed by atoms with E-state index < -0.39 is 0 Å². The lowest BCUT2D eigenvalue weighted by Gasteiger charge is -2.13. The summed E-state index contributed by atoms with van der Waals surface area (Å²) in [5.41, 5.74) is 6.32. The molecule has 2 rings (SSSR count). The minimum absolute atomic E-state index is 0.121. The molecule has 1 aromatic heterocycles. The number of nitrogen functional groups attached to an aromatic ring is 1. The van der Waals surface area contributed by atoms with Crippen LogP contribution in [0.5, 0.6) is 0 Å². The van der Waals surface area contributed by atoms with Crippen molar-refractivity contribution in [3.63, 3.8) is 0 Å². The Morgan fingerprint density at radius 3 is 2.71 bits per heavy atom. The van der Waals surface area contributed by atoms with Crippen molar-refractivity contribution in [3.05, 3.63) is 10.6 Å². The zero-order chi connectivity index (χ0) is 10.3. The van der Waals surface area contributed by atoms with Crippen molar-refractivity contribution in [3.8, 4) is 0 Å². The first kappa shape index (κ1) is 9.45. The number of hydrogen-bond acceptors (Lipinski definition) is 4. The molecule has 1 aliphatic carbocycles. The van der Waals surface area contributed by atoms with Gasteiger partial charge >= 0.3 is 0 Å². The largest absolute Gasteiger partial charge is 0.383 e. The van der Waals surface area contributed by atoms with Crippen LogP contribution in [0, 0.1) is 12.3 Å². The molecule has 0 aliphatic heterocycles. The van der Waals surface area contributed by atoms with Crippen LogP contribution in [0.15, 0.2) is 0 Å². The van der Waals surface area contributed by atoms with E-state index in [-0.39, 0.29) is 5.84 Å². The third-order valence-electron chi connectivity index (χ3n) is 2.43. The van der Waals surface area contributed by atoms with Gasteiger partial charge in [0, 0.05) is 13.1 Å². The zero-order valence-corrected chi connectivity index (χ0v) is 9.19. The van der Waals surface area contributed by atoms with E-state index in [1.807, 2.05) is 6.92 Å². The van der Waals surface area contributed by atoms with Crippen molar-refractivity contribution in [2.45, 2.75) is 25.8 Å². The molecule has 1 saturated carbocycles. The molecular formula is C9H14N4S. The summed E-state index contributed by atoms with van der Waals surface area (Å²) in [5, 5.41) is 8.36. The van der Waals surface area contributed by atoms with Crippen LogP contribution in [0.2, 0.25) is 0 Å². The third kappa shape index (κ3) is 1.59. The topological polar surface area (TPSA) is 66.0 Å². The standard InChI is InChI=1S/C9H14N4S/c1-5-7(8(10)11)14-9(12-5)13(2)6-3-4-6/h6H,3-4H2,1-2H3,(H3,10,11). The van der Waals surface area contributed by atoms with Gasteiger partial charge in [0.1, 0.15) is 5.84 Å². The lowest BCUT2D eigenvalue weighted by Crippen LogP contribution is -2.18. The highest BCUT2D eigenvalue weighted by molar-refractivity contribution is 7.17. The first-order valence-corrected chi connectivity index (χ1v) is 5.46. The van der Waals surface area contributed by atoms with Crippen molar-refractivity contribution >= 4 is 22.3 Å². The van der Waals surface area contributed by atoms with Crippen LogP contribution >= 0.6 is 11.3 Å². The molecule has 0 atom stereocenters. The fourth-order valence-corrected chi connectivity index (χ4v) is 2.36. The van der Waals surface area contributed by atoms with Gasteiger partial charge in [-0.3, -0.25) is 5.41 Å². The van der Waals surface area contributed by atoms with E-state index in [9.17, 15) is 0 Å². The Morgan fingerprint density at radius 1 is 1.64 bits per heavy atom. The molecule has 1 fully saturated rings. The molecule has 1 aromatic rings. The number of aryl methyl sites for hydroxylation is 1. The maximum Gasteiger partial charge on any atom is 0.186 e. The molecule has 0 aromatic carbocycles. The van der Waals surface area contributed by atoms with Crippen molar-refractivity contribution in [2.75, 3.05) is 11.9 Å². The second kappa shape index (κ2) is 3.24. The lowest BCUT2D eigenvalue weighted by atomic mass is 10.4. The second-order valence-electron chi connectivity index (χ2n) is 3.67. The number of nitrogens with two attached hydrogens (primary N) is 1. The normalized spacial score (nSPS) is 15.6. The van der Waals surface area contributed by atoms with Crippen LogP contribution in [-0.2, 0) is 0 Å². The number of hydrogen-bond donors (Lipinski definition) is 2. The summed E-state index contributed by atoms with van der Waals surface area (Å²) in [6.45, 7) is 1.90. The van der Waals surface area contributed by atoms with Crippen molar-refractivity contribution in [2.24, 2.45) is 5.73 Å². The first-order chi connectivity index (χ1) is 6.59. The fourth-order valence-electron chi connectivity index (χ4n) is 1.40. The maximum atomic E-state index is 7.38. The van der Waals surface area contributed by atoms with E-state index in [0.29, 0.717) is 6.04 Å². The van der Waals surface area contributed by atoms with Gasteiger partial charge in [-0.25, -0.2) is 4.98 Å². The van der Waals surface area contributed by atoms with Gasteiger partial charge in [0.15, 0.2) is 5.13 Å². The number of nitrogens with one attached hydrogen (secondary N) is 1. The van der Waals surface area contributed by atoms with Crippen LogP contribution in [0.4, 0.5) is 5.13 Å². The number of rotatable bonds is 3. The van der Waals surface area contributed by atoms with Crippen LogP contribution in [0.25, 0.3) is 0 Å². The zero-order valence-electron chi connectivity index (χ0n) is 8.37. The second-order valence-corrected chi connectivity index (χ2v) is 4.64. The summed E-state index contributed by atoms with van der Waals surface area (Å²) in [6.07, 6.45) is 2.51. The van der Waals surface area contributed by atoms with E-state index in [2.05, 4.69) is 16.9 Å². The Morgan fingerprint density at radius 2 is 2.29 bits per heavy atom. The molecule has 0 amide bonds. The molecule has 4 nitrogen and oxygen atoms in total. The van der Waals surface area contributed by atoms with Crippen molar-refractivity contribution in [1.82, 2.24) is 4.98 Å². The fraction of sp³-hybridized carbons (Fsp3) is 0.556. The predicted octanol–water partition coefficient (Wildman–Crippen LogP) is 1.33. The van der Waals surface area contributed by atoms with Gasteiger partial charge in [0.25, 0.3) is 0 Å². The highest BCUT2D eigenvalue weighted by atomic mass is 32.1. The molecule has 76 valence electrons. The molecule has 0 radical (unpaired) electrons. The van der Waals surface area contributed by atoms with E-state index in [1.165, 1.54) is 24.2 Å². The number of amidine groups is 1. The average Bonchev–Trinajstić information content (AvgIpc) is 2.88. The first-order valence-electron chi connectivity index (χ1n) is 4.64. The van der Waals surface area contributed by atoms with E-state index in [1.54, 1.807) is 0 Å². The Kier molecular flexibility index (Phi) is 2.19. The Bertz CT molecular complexity index is 367. The summed E-state index contributed by atoms with van der Waals surface area (Å²) >= 11 is 1.51. The maximum absolute atomic E-state index is 7.38. The van der Waals surface area contributed by atoms with Crippen molar-refractivity contribution < 1.29 is 0 Å². The van der Waals surface area contributed by atoms with Gasteiger partial charge in [-0.05, 0) is 19.8 Å². The minimum Gasteiger partial charge on any atom is -0.383 e. The molecule has 1 aliphatic rings. The average molecular weight is 210 g/mol. The molecule has 3 N–H and O–H groups in total. The Hall–Kier alpha value is -1.10. The SMILES string of the molecule is Cc1nc(N(C)C2CC2)sc1C(=N)N. The molecular weight excluding hydrogens is 196 g/mol. The number of anilines is 1. The molecule has 0 saturated heterocycles. The van der Waals surface area contributed by atoms with Crippen LogP contribution < -0.4 is 10.6 Å². The molecule has 14 heavy (non-hydrogen) atoms. The predicted molar refractivity (Wildman–Crippen MR) is 59.3 cm³/mol. The Labute approximate surface area is 87.3 Å². The van der Waals surface area contributed by atoms with Crippen molar-refractivity contribution in [1.29, 1.82) is 5.41 Å². The van der Waals surface area contributed by atoms with E-state index >= 15 is 0 Å². The van der Waals surface area contributed by atoms with Crippen LogP contribution in [0.3, 0.4) is 0 Å². The quantitative estimate of drug-likeness (QED) is 0.584. The summed E-state index contributed by atoms with van der Waals surface area (Å²) in [7, 11) is 2.06. The minimum atomic E-state index is 0.121. The molecule has 1 heterocycles. The van der Waals surface area contributed by atoms with E-state index in [4.69, 9.17) is 11.1 Å². The summed E-state index contributed by atoms with van der Waals surface area (Å²) < 4.78 is 0. The smallest absolute Gasteiger partial charge is 0.186 e. The number of nitrogens with zero attached hydrogens (tertiary/aromatic N) is 2. The molecule has 5 heteroatoms. The van der Waals surface area contributed by atoms with Gasteiger partial charge < -0.3 is 10.6 Å². The highest BCUT2D eigenvalue weighted by Gasteiger charge is 2.28. The third-order valence-corrected chi connectivity index (χ3v) is 3.71. The van der Waals surface area contributed by atoms with E-state index in [0.717, 1.165) is 15.7 Å². The van der Waals surface area contributed by atoms with Crippen LogP contribution in [-0.4, -0.2) is 23.9 Å². The summed E-state index contributed by atoms with van der Waals surface area (Å²) in [4.78, 5) is 7.40.